The number of nitrogens with two attached hydrogens (primary N) is 1. The third kappa shape index (κ3) is 3.34. The van der Waals surface area contributed by atoms with Crippen molar-refractivity contribution in [3.63, 3.8) is 0 Å². The van der Waals surface area contributed by atoms with Crippen LogP contribution in [0.5, 0.6) is 0 Å². The number of pyridine rings is 1. The summed E-state index contributed by atoms with van der Waals surface area (Å²) in [5, 5.41) is 4.96. The lowest BCUT2D eigenvalue weighted by Gasteiger charge is -2.29. The molecule has 3 rings (SSSR count). The largest absolute Gasteiger partial charge is 0.346 e. The smallest absolute Gasteiger partial charge is 0.270 e. The quantitative estimate of drug-likeness (QED) is 0.896. The van der Waals surface area contributed by atoms with Crippen LogP contribution in [0.2, 0.25) is 0 Å². The van der Waals surface area contributed by atoms with Crippen molar-refractivity contribution >= 4 is 29.1 Å². The summed E-state index contributed by atoms with van der Waals surface area (Å²) in [5.74, 6) is -0.121. The summed E-state index contributed by atoms with van der Waals surface area (Å²) in [5.41, 5.74) is 6.57. The van der Waals surface area contributed by atoms with E-state index in [-0.39, 0.29) is 30.4 Å². The fourth-order valence-electron chi connectivity index (χ4n) is 2.88. The number of aromatic nitrogens is 1. The monoisotopic (exact) mass is 305 g/mol. The van der Waals surface area contributed by atoms with E-state index in [0.29, 0.717) is 5.69 Å². The minimum absolute atomic E-state index is 0. The average molecular weight is 306 g/mol. The van der Waals surface area contributed by atoms with Crippen molar-refractivity contribution in [2.75, 3.05) is 0 Å². The van der Waals surface area contributed by atoms with Crippen LogP contribution in [0, 0.1) is 0 Å². The zero-order chi connectivity index (χ0) is 13.9. The maximum atomic E-state index is 12.4. The van der Waals surface area contributed by atoms with Crippen LogP contribution in [0.4, 0.5) is 0 Å². The molecule has 2 aromatic rings. The molecule has 4 nitrogen and oxygen atoms in total. The Morgan fingerprint density at radius 3 is 2.76 bits per heavy atom. The van der Waals surface area contributed by atoms with E-state index in [4.69, 9.17) is 5.73 Å². The molecule has 0 bridgehead atoms. The van der Waals surface area contributed by atoms with Gasteiger partial charge in [0.15, 0.2) is 0 Å². The van der Waals surface area contributed by atoms with Crippen LogP contribution in [0.15, 0.2) is 36.5 Å². The summed E-state index contributed by atoms with van der Waals surface area (Å²) in [7, 11) is 0. The van der Waals surface area contributed by atoms with E-state index in [2.05, 4.69) is 10.3 Å². The molecule has 1 fully saturated rings. The first-order valence-corrected chi connectivity index (χ1v) is 7.16. The Bertz CT molecular complexity index is 626. The molecule has 2 atom stereocenters. The SMILES string of the molecule is Cl.N[C@@H]1CCCC[C@H]1NC(=O)c1nccc2ccccc12. The Kier molecular flexibility index (Phi) is 5.15. The minimum atomic E-state index is -0.121. The summed E-state index contributed by atoms with van der Waals surface area (Å²) in [6, 6.07) is 9.84. The van der Waals surface area contributed by atoms with Gasteiger partial charge in [0.1, 0.15) is 5.69 Å². The van der Waals surface area contributed by atoms with Crippen LogP contribution >= 0.6 is 12.4 Å². The van der Waals surface area contributed by atoms with Crippen LogP contribution in [0.25, 0.3) is 10.8 Å². The lowest BCUT2D eigenvalue weighted by Crippen LogP contribution is -2.49. The number of nitrogens with zero attached hydrogens (tertiary/aromatic N) is 1. The average Bonchev–Trinajstić information content (AvgIpc) is 2.49. The summed E-state index contributed by atoms with van der Waals surface area (Å²) in [6.45, 7) is 0. The lowest BCUT2D eigenvalue weighted by atomic mass is 9.91. The number of nitrogens with one attached hydrogen (secondary N) is 1. The Labute approximate surface area is 130 Å². The molecule has 112 valence electrons. The molecular weight excluding hydrogens is 286 g/mol. The molecular formula is C16H20ClN3O. The molecule has 1 heterocycles. The third-order valence-electron chi connectivity index (χ3n) is 4.02. The first kappa shape index (κ1) is 15.7. The molecule has 0 aliphatic heterocycles. The molecule has 3 N–H and O–H groups in total. The van der Waals surface area contributed by atoms with E-state index < -0.39 is 0 Å². The molecule has 1 amide bonds. The van der Waals surface area contributed by atoms with Gasteiger partial charge in [-0.3, -0.25) is 9.78 Å². The highest BCUT2D eigenvalue weighted by Gasteiger charge is 2.24. The van der Waals surface area contributed by atoms with Gasteiger partial charge in [0.05, 0.1) is 0 Å². The number of carbonyl (C=O) groups is 1. The molecule has 5 heteroatoms. The molecule has 1 aromatic carbocycles. The molecule has 1 aliphatic carbocycles. The lowest BCUT2D eigenvalue weighted by molar-refractivity contribution is 0.0918. The van der Waals surface area contributed by atoms with E-state index in [1.54, 1.807) is 6.20 Å². The number of halogens is 1. The van der Waals surface area contributed by atoms with Crippen molar-refractivity contribution < 1.29 is 4.79 Å². The van der Waals surface area contributed by atoms with Crippen molar-refractivity contribution in [2.45, 2.75) is 37.8 Å². The normalized spacial score (nSPS) is 21.6. The van der Waals surface area contributed by atoms with Crippen molar-refractivity contribution in [3.8, 4) is 0 Å². The Hall–Kier alpha value is -1.65. The molecule has 21 heavy (non-hydrogen) atoms. The fourth-order valence-corrected chi connectivity index (χ4v) is 2.88. The highest BCUT2D eigenvalue weighted by atomic mass is 35.5. The minimum Gasteiger partial charge on any atom is -0.346 e. The van der Waals surface area contributed by atoms with Crippen LogP contribution in [-0.2, 0) is 0 Å². The van der Waals surface area contributed by atoms with Gasteiger partial charge in [-0.1, -0.05) is 37.1 Å². The number of benzene rings is 1. The molecule has 1 saturated carbocycles. The van der Waals surface area contributed by atoms with Gasteiger partial charge in [0, 0.05) is 23.7 Å². The summed E-state index contributed by atoms with van der Waals surface area (Å²) >= 11 is 0. The second kappa shape index (κ2) is 6.87. The van der Waals surface area contributed by atoms with Crippen molar-refractivity contribution in [3.05, 3.63) is 42.2 Å². The Morgan fingerprint density at radius 2 is 1.95 bits per heavy atom. The number of rotatable bonds is 2. The Morgan fingerprint density at radius 1 is 1.19 bits per heavy atom. The standard InChI is InChI=1S/C16H19N3O.ClH/c17-13-7-3-4-8-14(13)19-16(20)15-12-6-2-1-5-11(12)9-10-18-15;/h1-2,5-6,9-10,13-14H,3-4,7-8,17H2,(H,19,20);1H/t13-,14-;/m1./s1. The number of hydrogen-bond donors (Lipinski definition) is 2. The van der Waals surface area contributed by atoms with Crippen molar-refractivity contribution in [1.82, 2.24) is 10.3 Å². The second-order valence-corrected chi connectivity index (χ2v) is 5.41. The number of hydrogen-bond acceptors (Lipinski definition) is 3. The van der Waals surface area contributed by atoms with Gasteiger partial charge >= 0.3 is 0 Å². The number of amides is 1. The predicted molar refractivity (Wildman–Crippen MR) is 86.7 cm³/mol. The van der Waals surface area contributed by atoms with Crippen molar-refractivity contribution in [2.24, 2.45) is 5.73 Å². The summed E-state index contributed by atoms with van der Waals surface area (Å²) in [6.07, 6.45) is 5.89. The highest BCUT2D eigenvalue weighted by Crippen LogP contribution is 2.19. The molecule has 1 aromatic heterocycles. The van der Waals surface area contributed by atoms with Crippen LogP contribution in [0.1, 0.15) is 36.2 Å². The third-order valence-corrected chi connectivity index (χ3v) is 4.02. The highest BCUT2D eigenvalue weighted by molar-refractivity contribution is 6.05. The maximum Gasteiger partial charge on any atom is 0.270 e. The maximum absolute atomic E-state index is 12.4. The molecule has 1 aliphatic rings. The first-order valence-electron chi connectivity index (χ1n) is 7.16. The Balaban J connectivity index is 0.00000161. The van der Waals surface area contributed by atoms with Gasteiger partial charge in [0.25, 0.3) is 5.91 Å². The zero-order valence-electron chi connectivity index (χ0n) is 11.8. The van der Waals surface area contributed by atoms with Gasteiger partial charge in [-0.25, -0.2) is 0 Å². The van der Waals surface area contributed by atoms with Gasteiger partial charge in [-0.15, -0.1) is 12.4 Å². The topological polar surface area (TPSA) is 68.0 Å². The van der Waals surface area contributed by atoms with E-state index in [0.717, 1.165) is 36.5 Å². The first-order chi connectivity index (χ1) is 9.75. The summed E-state index contributed by atoms with van der Waals surface area (Å²) in [4.78, 5) is 16.7. The van der Waals surface area contributed by atoms with E-state index in [9.17, 15) is 4.79 Å². The number of fused-ring (bicyclic) bond motifs is 1. The van der Waals surface area contributed by atoms with Gasteiger partial charge < -0.3 is 11.1 Å². The van der Waals surface area contributed by atoms with E-state index in [1.165, 1.54) is 0 Å². The molecule has 0 spiro atoms. The van der Waals surface area contributed by atoms with Crippen LogP contribution in [-0.4, -0.2) is 23.0 Å². The fraction of sp³-hybridized carbons (Fsp3) is 0.375. The van der Waals surface area contributed by atoms with Gasteiger partial charge in [-0.05, 0) is 24.3 Å². The van der Waals surface area contributed by atoms with E-state index >= 15 is 0 Å². The predicted octanol–water partition coefficient (Wildman–Crippen LogP) is 2.66. The molecule has 0 saturated heterocycles. The number of carbonyl (C=O) groups excluding carboxylic acids is 1. The van der Waals surface area contributed by atoms with E-state index in [1.807, 2.05) is 30.3 Å². The van der Waals surface area contributed by atoms with Gasteiger partial charge in [-0.2, -0.15) is 0 Å². The van der Waals surface area contributed by atoms with Crippen LogP contribution in [0.3, 0.4) is 0 Å². The molecule has 0 radical (unpaired) electrons. The van der Waals surface area contributed by atoms with Crippen molar-refractivity contribution in [1.29, 1.82) is 0 Å². The second-order valence-electron chi connectivity index (χ2n) is 5.41. The molecule has 0 unspecified atom stereocenters. The van der Waals surface area contributed by atoms with Crippen LogP contribution < -0.4 is 11.1 Å². The van der Waals surface area contributed by atoms with Gasteiger partial charge in [0.2, 0.25) is 0 Å². The summed E-state index contributed by atoms with van der Waals surface area (Å²) < 4.78 is 0. The zero-order valence-corrected chi connectivity index (χ0v) is 12.6.